The number of amides is 1. The van der Waals surface area contributed by atoms with Crippen LogP contribution in [0.4, 0.5) is 0 Å². The highest BCUT2D eigenvalue weighted by Gasteiger charge is 2.10. The van der Waals surface area contributed by atoms with E-state index in [1.807, 2.05) is 80.6 Å². The van der Waals surface area contributed by atoms with Crippen molar-refractivity contribution in [2.45, 2.75) is 26.9 Å². The molecule has 4 aromatic rings. The molecule has 0 aliphatic rings. The quantitative estimate of drug-likeness (QED) is 0.285. The third-order valence-electron chi connectivity index (χ3n) is 5.16. The maximum Gasteiger partial charge on any atom is 0.271 e. The summed E-state index contributed by atoms with van der Waals surface area (Å²) in [4.78, 5) is 12.5. The van der Waals surface area contributed by atoms with Gasteiger partial charge in [0.2, 0.25) is 0 Å². The molecule has 0 bridgehead atoms. The first-order valence-electron chi connectivity index (χ1n) is 11.0. The number of carbonyl (C=O) groups excluding carboxylic acids is 1. The Morgan fingerprint density at radius 2 is 1.61 bits per heavy atom. The lowest BCUT2D eigenvalue weighted by Crippen LogP contribution is -2.17. The van der Waals surface area contributed by atoms with Crippen molar-refractivity contribution in [3.63, 3.8) is 0 Å². The zero-order chi connectivity index (χ0) is 23.2. The molecule has 0 atom stereocenters. The molecule has 166 valence electrons. The van der Waals surface area contributed by atoms with Gasteiger partial charge in [-0.15, -0.1) is 0 Å². The number of ether oxygens (including phenoxy) is 1. The first-order chi connectivity index (χ1) is 16.0. The largest absolute Gasteiger partial charge is 0.491 e. The Morgan fingerprint density at radius 3 is 2.27 bits per heavy atom. The van der Waals surface area contributed by atoms with E-state index in [0.29, 0.717) is 5.56 Å². The third-order valence-corrected chi connectivity index (χ3v) is 5.16. The van der Waals surface area contributed by atoms with Crippen molar-refractivity contribution in [2.75, 3.05) is 0 Å². The number of hydrogen-bond acceptors (Lipinski definition) is 3. The minimum absolute atomic E-state index is 0.126. The van der Waals surface area contributed by atoms with Gasteiger partial charge in [-0.25, -0.2) is 5.43 Å². The van der Waals surface area contributed by atoms with E-state index in [-0.39, 0.29) is 12.0 Å². The van der Waals surface area contributed by atoms with Gasteiger partial charge in [-0.3, -0.25) is 4.79 Å². The van der Waals surface area contributed by atoms with E-state index in [1.54, 1.807) is 6.21 Å². The maximum atomic E-state index is 12.5. The summed E-state index contributed by atoms with van der Waals surface area (Å²) in [6, 6.07) is 29.5. The SMILES string of the molecule is Cc1ccc(-c2ccccc2)n1-c1ccc(C(=O)N/N=C/c2ccc(OC(C)C)cc2)cc1. The second-order valence-corrected chi connectivity index (χ2v) is 8.04. The smallest absolute Gasteiger partial charge is 0.271 e. The molecule has 1 N–H and O–H groups in total. The summed E-state index contributed by atoms with van der Waals surface area (Å²) in [5, 5.41) is 4.08. The van der Waals surface area contributed by atoms with Crippen molar-refractivity contribution in [2.24, 2.45) is 5.10 Å². The van der Waals surface area contributed by atoms with E-state index in [4.69, 9.17) is 4.74 Å². The number of aryl methyl sites for hydroxylation is 1. The highest BCUT2D eigenvalue weighted by Crippen LogP contribution is 2.26. The van der Waals surface area contributed by atoms with Crippen LogP contribution in [0.5, 0.6) is 5.75 Å². The van der Waals surface area contributed by atoms with E-state index in [9.17, 15) is 4.79 Å². The number of nitrogens with zero attached hydrogens (tertiary/aromatic N) is 2. The summed E-state index contributed by atoms with van der Waals surface area (Å²) in [7, 11) is 0. The van der Waals surface area contributed by atoms with Crippen molar-refractivity contribution in [3.8, 4) is 22.7 Å². The number of hydrogen-bond donors (Lipinski definition) is 1. The number of benzene rings is 3. The zero-order valence-corrected chi connectivity index (χ0v) is 19.0. The molecule has 3 aromatic carbocycles. The van der Waals surface area contributed by atoms with Crippen molar-refractivity contribution in [1.29, 1.82) is 0 Å². The number of carbonyl (C=O) groups is 1. The number of nitrogens with one attached hydrogen (secondary N) is 1. The Hall–Kier alpha value is -4.12. The van der Waals surface area contributed by atoms with E-state index < -0.39 is 0 Å². The Kier molecular flexibility index (Phi) is 6.69. The number of rotatable bonds is 7. The minimum Gasteiger partial charge on any atom is -0.491 e. The summed E-state index contributed by atoms with van der Waals surface area (Å²) in [5.41, 5.74) is 8.39. The highest BCUT2D eigenvalue weighted by molar-refractivity contribution is 5.95. The molecule has 0 aliphatic heterocycles. The Labute approximate surface area is 194 Å². The number of aromatic nitrogens is 1. The van der Waals surface area contributed by atoms with Gasteiger partial charge >= 0.3 is 0 Å². The predicted octanol–water partition coefficient (Wildman–Crippen LogP) is 6.00. The van der Waals surface area contributed by atoms with Gasteiger partial charge in [0.15, 0.2) is 0 Å². The average molecular weight is 438 g/mol. The van der Waals surface area contributed by atoms with Crippen molar-refractivity contribution in [3.05, 3.63) is 108 Å². The van der Waals surface area contributed by atoms with Crippen molar-refractivity contribution < 1.29 is 9.53 Å². The fourth-order valence-electron chi connectivity index (χ4n) is 3.61. The van der Waals surface area contributed by atoms with Crippen LogP contribution < -0.4 is 10.2 Å². The standard InChI is InChI=1S/C28H27N3O2/c1-20(2)33-26-16-10-22(11-17-26)19-29-30-28(32)24-12-14-25(15-13-24)31-21(3)9-18-27(31)23-7-5-4-6-8-23/h4-20H,1-3H3,(H,30,32)/b29-19+. The molecule has 0 unspecified atom stereocenters. The molecule has 0 spiro atoms. The lowest BCUT2D eigenvalue weighted by molar-refractivity contribution is 0.0955. The monoisotopic (exact) mass is 437 g/mol. The second kappa shape index (κ2) is 10.0. The molecule has 1 aromatic heterocycles. The highest BCUT2D eigenvalue weighted by atomic mass is 16.5. The van der Waals surface area contributed by atoms with E-state index >= 15 is 0 Å². The molecule has 0 saturated carbocycles. The molecule has 0 saturated heterocycles. The second-order valence-electron chi connectivity index (χ2n) is 8.04. The van der Waals surface area contributed by atoms with Gasteiger partial charge in [0, 0.05) is 16.9 Å². The van der Waals surface area contributed by atoms with Gasteiger partial charge in [-0.05, 0) is 92.6 Å². The predicted molar refractivity (Wildman–Crippen MR) is 133 cm³/mol. The van der Waals surface area contributed by atoms with Crippen molar-refractivity contribution in [1.82, 2.24) is 9.99 Å². The topological polar surface area (TPSA) is 55.6 Å². The van der Waals surface area contributed by atoms with Crippen LogP contribution in [0.25, 0.3) is 16.9 Å². The van der Waals surface area contributed by atoms with E-state index in [0.717, 1.165) is 34.0 Å². The first kappa shape index (κ1) is 22.1. The van der Waals surface area contributed by atoms with Crippen LogP contribution in [0.15, 0.2) is 96.1 Å². The van der Waals surface area contributed by atoms with Crippen LogP contribution in [0, 0.1) is 6.92 Å². The summed E-state index contributed by atoms with van der Waals surface area (Å²) in [6.07, 6.45) is 1.74. The first-order valence-corrected chi connectivity index (χ1v) is 11.0. The fraction of sp³-hybridized carbons (Fsp3) is 0.143. The van der Waals surface area contributed by atoms with Crippen LogP contribution in [0.2, 0.25) is 0 Å². The van der Waals surface area contributed by atoms with Gasteiger partial charge in [0.05, 0.1) is 18.0 Å². The summed E-state index contributed by atoms with van der Waals surface area (Å²) >= 11 is 0. The molecule has 33 heavy (non-hydrogen) atoms. The van der Waals surface area contributed by atoms with Gasteiger partial charge in [0.1, 0.15) is 5.75 Å². The lowest BCUT2D eigenvalue weighted by Gasteiger charge is -2.12. The molecular formula is C28H27N3O2. The zero-order valence-electron chi connectivity index (χ0n) is 19.0. The van der Waals surface area contributed by atoms with Crippen LogP contribution in [0.3, 0.4) is 0 Å². The molecule has 4 rings (SSSR count). The van der Waals surface area contributed by atoms with Gasteiger partial charge < -0.3 is 9.30 Å². The molecule has 0 radical (unpaired) electrons. The molecule has 5 nitrogen and oxygen atoms in total. The van der Waals surface area contributed by atoms with Crippen molar-refractivity contribution >= 4 is 12.1 Å². The van der Waals surface area contributed by atoms with Gasteiger partial charge in [-0.2, -0.15) is 5.10 Å². The molecular weight excluding hydrogens is 410 g/mol. The van der Waals surface area contributed by atoms with E-state index in [1.165, 1.54) is 0 Å². The number of hydrazone groups is 1. The summed E-state index contributed by atoms with van der Waals surface area (Å²) in [6.45, 7) is 6.04. The van der Waals surface area contributed by atoms with E-state index in [2.05, 4.69) is 46.3 Å². The fourth-order valence-corrected chi connectivity index (χ4v) is 3.61. The average Bonchev–Trinajstić information content (AvgIpc) is 3.22. The summed E-state index contributed by atoms with van der Waals surface area (Å²) < 4.78 is 7.81. The van der Waals surface area contributed by atoms with Crippen LogP contribution >= 0.6 is 0 Å². The molecule has 1 amide bonds. The Bertz CT molecular complexity index is 1240. The van der Waals surface area contributed by atoms with Gasteiger partial charge in [-0.1, -0.05) is 30.3 Å². The van der Waals surface area contributed by atoms with Crippen LogP contribution in [-0.2, 0) is 0 Å². The Morgan fingerprint density at radius 1 is 0.909 bits per heavy atom. The molecule has 1 heterocycles. The summed E-state index contributed by atoms with van der Waals surface area (Å²) in [5.74, 6) is 0.546. The molecule has 0 fully saturated rings. The van der Waals surface area contributed by atoms with Crippen LogP contribution in [0.1, 0.15) is 35.5 Å². The molecule has 5 heteroatoms. The maximum absolute atomic E-state index is 12.5. The Balaban J connectivity index is 1.43. The normalized spacial score (nSPS) is 11.2. The third kappa shape index (κ3) is 5.39. The minimum atomic E-state index is -0.259. The van der Waals surface area contributed by atoms with Crippen LogP contribution in [-0.4, -0.2) is 22.8 Å². The van der Waals surface area contributed by atoms with Gasteiger partial charge in [0.25, 0.3) is 5.91 Å². The molecule has 0 aliphatic carbocycles. The lowest BCUT2D eigenvalue weighted by atomic mass is 10.1.